The van der Waals surface area contributed by atoms with Gasteiger partial charge in [0.05, 0.1) is 16.4 Å². The van der Waals surface area contributed by atoms with Crippen LogP contribution < -0.4 is 0 Å². The lowest BCUT2D eigenvalue weighted by molar-refractivity contribution is 0.668. The quantitative estimate of drug-likeness (QED) is 0.162. The van der Waals surface area contributed by atoms with Gasteiger partial charge in [0.15, 0.2) is 0 Å². The van der Waals surface area contributed by atoms with Crippen molar-refractivity contribution in [3.05, 3.63) is 259 Å². The van der Waals surface area contributed by atoms with Crippen molar-refractivity contribution >= 4 is 76.1 Å². The van der Waals surface area contributed by atoms with Crippen LogP contribution in [-0.4, -0.2) is 4.57 Å². The number of aromatic nitrogens is 1. The zero-order chi connectivity index (χ0) is 45.0. The van der Waals surface area contributed by atoms with Gasteiger partial charge < -0.3 is 8.98 Å². The maximum absolute atomic E-state index is 6.73. The molecule has 2 aliphatic carbocycles. The number of rotatable bonds is 3. The van der Waals surface area contributed by atoms with Crippen LogP contribution in [0.5, 0.6) is 0 Å². The molecule has 14 aromatic rings. The van der Waals surface area contributed by atoms with Crippen molar-refractivity contribution in [3.63, 3.8) is 0 Å². The van der Waals surface area contributed by atoms with E-state index in [0.29, 0.717) is 0 Å². The van der Waals surface area contributed by atoms with Gasteiger partial charge in [-0.3, -0.25) is 0 Å². The summed E-state index contributed by atoms with van der Waals surface area (Å²) in [6, 6.07) is 87.9. The van der Waals surface area contributed by atoms with Crippen molar-refractivity contribution in [2.45, 2.75) is 5.41 Å². The van der Waals surface area contributed by atoms with Crippen LogP contribution in [-0.2, 0) is 5.41 Å². The van der Waals surface area contributed by atoms with Crippen molar-refractivity contribution in [1.82, 2.24) is 4.57 Å². The normalized spacial score (nSPS) is 13.3. The first-order valence-corrected chi connectivity index (χ1v) is 24.0. The topological polar surface area (TPSA) is 18.1 Å². The molecule has 0 N–H and O–H groups in total. The fourth-order valence-corrected chi connectivity index (χ4v) is 12.9. The molecule has 0 amide bonds. The van der Waals surface area contributed by atoms with E-state index in [4.69, 9.17) is 4.42 Å². The van der Waals surface area contributed by atoms with Crippen molar-refractivity contribution in [2.24, 2.45) is 0 Å². The Labute approximate surface area is 397 Å². The fourth-order valence-electron chi connectivity index (χ4n) is 12.9. The smallest absolute Gasteiger partial charge is 0.137 e. The lowest BCUT2D eigenvalue weighted by Gasteiger charge is -2.30. The third-order valence-electron chi connectivity index (χ3n) is 15.8. The standard InChI is InChI=1S/C67H39NO/c1-2-15-47-45(13-1)46-14-3-4-16-48(46)56-35-40(25-30-49(47)56)41-27-33-64-57(36-41)54-20-8-12-24-63(54)68(64)44-29-32-55-58-37-42(28-34-65(58)69-66(55)39-44)43-26-31-53-52-19-7-11-23-61(52)67(62(53)38-43)59-21-9-5-17-50(59)51-18-6-10-22-60(51)67/h1-39H. The molecule has 0 unspecified atom stereocenters. The van der Waals surface area contributed by atoms with Crippen LogP contribution in [0.4, 0.5) is 0 Å². The van der Waals surface area contributed by atoms with E-state index in [2.05, 4.69) is 241 Å². The lowest BCUT2D eigenvalue weighted by Crippen LogP contribution is -2.25. The Morgan fingerprint density at radius 3 is 1.38 bits per heavy atom. The van der Waals surface area contributed by atoms with Gasteiger partial charge in [-0.15, -0.1) is 0 Å². The predicted octanol–water partition coefficient (Wildman–Crippen LogP) is 17.8. The summed E-state index contributed by atoms with van der Waals surface area (Å²) >= 11 is 0. The second-order valence-electron chi connectivity index (χ2n) is 19.1. The van der Waals surface area contributed by atoms with E-state index in [1.54, 1.807) is 0 Å². The summed E-state index contributed by atoms with van der Waals surface area (Å²) in [6.07, 6.45) is 0. The monoisotopic (exact) mass is 873 g/mol. The van der Waals surface area contributed by atoms with Gasteiger partial charge in [-0.1, -0.05) is 176 Å². The summed E-state index contributed by atoms with van der Waals surface area (Å²) in [5.41, 5.74) is 20.3. The molecule has 0 saturated heterocycles. The molecular weight excluding hydrogens is 835 g/mol. The molecule has 2 nitrogen and oxygen atoms in total. The summed E-state index contributed by atoms with van der Waals surface area (Å²) in [7, 11) is 0. The van der Waals surface area contributed by atoms with E-state index in [1.807, 2.05) is 0 Å². The van der Waals surface area contributed by atoms with E-state index < -0.39 is 0 Å². The number of hydrogen-bond acceptors (Lipinski definition) is 1. The van der Waals surface area contributed by atoms with Crippen LogP contribution in [0.25, 0.3) is 126 Å². The summed E-state index contributed by atoms with van der Waals surface area (Å²) in [5.74, 6) is 0. The largest absolute Gasteiger partial charge is 0.456 e. The van der Waals surface area contributed by atoms with Gasteiger partial charge in [0.2, 0.25) is 0 Å². The Morgan fingerprint density at radius 2 is 0.710 bits per heavy atom. The molecule has 2 aliphatic rings. The molecule has 69 heavy (non-hydrogen) atoms. The molecule has 12 aromatic carbocycles. The van der Waals surface area contributed by atoms with Gasteiger partial charge >= 0.3 is 0 Å². The molecule has 0 radical (unpaired) electrons. The molecule has 1 spiro atoms. The Balaban J connectivity index is 0.811. The van der Waals surface area contributed by atoms with Gasteiger partial charge in [0, 0.05) is 33.3 Å². The van der Waals surface area contributed by atoms with Crippen molar-refractivity contribution < 1.29 is 4.42 Å². The SMILES string of the molecule is c1ccc2c(c1)-c1ccccc1C21c2ccccc2-c2ccc(-c3ccc4oc5cc(-n6c7ccccc7c7cc(-c8ccc9c%10ccccc%10c%10ccccc%10c9c8)ccc76)ccc5c4c3)cc21. The highest BCUT2D eigenvalue weighted by Crippen LogP contribution is 2.63. The number of hydrogen-bond donors (Lipinski definition) is 0. The van der Waals surface area contributed by atoms with Gasteiger partial charge in [0.1, 0.15) is 11.2 Å². The van der Waals surface area contributed by atoms with Gasteiger partial charge in [-0.25, -0.2) is 0 Å². The molecule has 0 fully saturated rings. The number of benzene rings is 12. The minimum atomic E-state index is -0.381. The minimum Gasteiger partial charge on any atom is -0.456 e. The molecular formula is C67H39NO. The number of nitrogens with zero attached hydrogens (tertiary/aromatic N) is 1. The van der Waals surface area contributed by atoms with E-state index in [-0.39, 0.29) is 5.41 Å². The van der Waals surface area contributed by atoms with Crippen molar-refractivity contribution in [2.75, 3.05) is 0 Å². The minimum absolute atomic E-state index is 0.381. The van der Waals surface area contributed by atoms with Gasteiger partial charge in [-0.2, -0.15) is 0 Å². The second-order valence-corrected chi connectivity index (χ2v) is 19.1. The van der Waals surface area contributed by atoms with E-state index in [9.17, 15) is 0 Å². The van der Waals surface area contributed by atoms with Gasteiger partial charge in [0.25, 0.3) is 0 Å². The molecule has 2 heteroatoms. The average Bonchev–Trinajstić information content (AvgIpc) is 4.14. The van der Waals surface area contributed by atoms with Crippen LogP contribution in [0, 0.1) is 0 Å². The Bertz CT molecular complexity index is 4460. The first-order chi connectivity index (χ1) is 34.2. The number of furan rings is 1. The summed E-state index contributed by atoms with van der Waals surface area (Å²) in [6.45, 7) is 0. The third kappa shape index (κ3) is 4.89. The third-order valence-corrected chi connectivity index (χ3v) is 15.8. The highest BCUT2D eigenvalue weighted by atomic mass is 16.3. The Morgan fingerprint density at radius 1 is 0.261 bits per heavy atom. The maximum Gasteiger partial charge on any atom is 0.137 e. The van der Waals surface area contributed by atoms with Crippen LogP contribution in [0.15, 0.2) is 241 Å². The van der Waals surface area contributed by atoms with E-state index in [1.165, 1.54) is 121 Å². The van der Waals surface area contributed by atoms with Crippen molar-refractivity contribution in [3.8, 4) is 50.2 Å². The fraction of sp³-hybridized carbons (Fsp3) is 0.0149. The molecule has 318 valence electrons. The first kappa shape index (κ1) is 37.1. The Kier molecular flexibility index (Phi) is 7.30. The maximum atomic E-state index is 6.73. The molecule has 0 saturated carbocycles. The van der Waals surface area contributed by atoms with Crippen molar-refractivity contribution in [1.29, 1.82) is 0 Å². The average molecular weight is 874 g/mol. The predicted molar refractivity (Wildman–Crippen MR) is 288 cm³/mol. The number of fused-ring (bicyclic) bond motifs is 22. The Hall–Kier alpha value is -8.98. The first-order valence-electron chi connectivity index (χ1n) is 24.0. The van der Waals surface area contributed by atoms with E-state index >= 15 is 0 Å². The zero-order valence-electron chi connectivity index (χ0n) is 37.4. The molecule has 2 heterocycles. The van der Waals surface area contributed by atoms with Crippen LogP contribution >= 0.6 is 0 Å². The highest BCUT2D eigenvalue weighted by Gasteiger charge is 2.51. The molecule has 16 rings (SSSR count). The van der Waals surface area contributed by atoms with E-state index in [0.717, 1.165) is 27.6 Å². The van der Waals surface area contributed by atoms with Crippen LogP contribution in [0.1, 0.15) is 22.3 Å². The molecule has 2 aromatic heterocycles. The zero-order valence-corrected chi connectivity index (χ0v) is 37.4. The summed E-state index contributed by atoms with van der Waals surface area (Å²) < 4.78 is 9.13. The lowest BCUT2D eigenvalue weighted by atomic mass is 9.70. The summed E-state index contributed by atoms with van der Waals surface area (Å²) in [5, 5.41) is 12.4. The number of para-hydroxylation sites is 1. The summed E-state index contributed by atoms with van der Waals surface area (Å²) in [4.78, 5) is 0. The molecule has 0 aliphatic heterocycles. The molecule has 0 bridgehead atoms. The van der Waals surface area contributed by atoms with Crippen LogP contribution in [0.2, 0.25) is 0 Å². The van der Waals surface area contributed by atoms with Gasteiger partial charge in [-0.05, 0) is 154 Å². The highest BCUT2D eigenvalue weighted by molar-refractivity contribution is 6.26. The second kappa shape index (κ2) is 13.6. The molecule has 0 atom stereocenters. The van der Waals surface area contributed by atoms with Crippen LogP contribution in [0.3, 0.4) is 0 Å².